The van der Waals surface area contributed by atoms with Gasteiger partial charge in [-0.15, -0.1) is 11.3 Å². The topological polar surface area (TPSA) is 91.3 Å². The van der Waals surface area contributed by atoms with Crippen LogP contribution in [0.3, 0.4) is 0 Å². The maximum absolute atomic E-state index is 11.6. The maximum Gasteiger partial charge on any atom is 0.355 e. The summed E-state index contributed by atoms with van der Waals surface area (Å²) < 4.78 is 0. The van der Waals surface area contributed by atoms with Gasteiger partial charge in [0.1, 0.15) is 5.01 Å². The van der Waals surface area contributed by atoms with Crippen LogP contribution in [0.25, 0.3) is 0 Å². The van der Waals surface area contributed by atoms with Crippen molar-refractivity contribution in [3.63, 3.8) is 0 Å². The number of hydrogen-bond donors (Lipinski definition) is 3. The standard InChI is InChI=1S/C10H15N3O3S/c1-6(3-11-2)9(14)12-4-8-13-7(5-17-8)10(15)16/h5-6,11H,3-4H2,1-2H3,(H,12,14)(H,15,16). The van der Waals surface area contributed by atoms with Gasteiger partial charge in [0, 0.05) is 17.8 Å². The van der Waals surface area contributed by atoms with Gasteiger partial charge in [-0.25, -0.2) is 9.78 Å². The molecule has 1 heterocycles. The lowest BCUT2D eigenvalue weighted by atomic mass is 10.1. The first-order chi connectivity index (χ1) is 8.04. The second-order valence-corrected chi connectivity index (χ2v) is 4.55. The average molecular weight is 257 g/mol. The molecule has 0 saturated carbocycles. The predicted molar refractivity (Wildman–Crippen MR) is 64.0 cm³/mol. The highest BCUT2D eigenvalue weighted by atomic mass is 32.1. The SMILES string of the molecule is CNCC(C)C(=O)NCc1nc(C(=O)O)cs1. The van der Waals surface area contributed by atoms with Crippen LogP contribution in [0, 0.1) is 5.92 Å². The summed E-state index contributed by atoms with van der Waals surface area (Å²) in [5.41, 5.74) is 0.0162. The molecule has 1 unspecified atom stereocenters. The van der Waals surface area contributed by atoms with Crippen molar-refractivity contribution < 1.29 is 14.7 Å². The minimum atomic E-state index is -1.05. The van der Waals surface area contributed by atoms with Gasteiger partial charge in [-0.2, -0.15) is 0 Å². The smallest absolute Gasteiger partial charge is 0.355 e. The number of amides is 1. The number of nitrogens with zero attached hydrogens (tertiary/aromatic N) is 1. The van der Waals surface area contributed by atoms with Gasteiger partial charge in [0.05, 0.1) is 6.54 Å². The zero-order chi connectivity index (χ0) is 12.8. The molecule has 0 aliphatic heterocycles. The fraction of sp³-hybridized carbons (Fsp3) is 0.500. The summed E-state index contributed by atoms with van der Waals surface area (Å²) in [4.78, 5) is 26.0. The largest absolute Gasteiger partial charge is 0.476 e. The zero-order valence-corrected chi connectivity index (χ0v) is 10.5. The van der Waals surface area contributed by atoms with Crippen molar-refractivity contribution in [3.8, 4) is 0 Å². The Hall–Kier alpha value is -1.47. The lowest BCUT2D eigenvalue weighted by molar-refractivity contribution is -0.124. The summed E-state index contributed by atoms with van der Waals surface area (Å²) in [7, 11) is 1.78. The number of thiazole rings is 1. The number of aromatic carboxylic acids is 1. The summed E-state index contributed by atoms with van der Waals surface area (Å²) in [5.74, 6) is -1.26. The molecule has 0 aromatic carbocycles. The molecule has 1 amide bonds. The molecule has 3 N–H and O–H groups in total. The van der Waals surface area contributed by atoms with Gasteiger partial charge in [0.15, 0.2) is 5.69 Å². The quantitative estimate of drug-likeness (QED) is 0.682. The molecule has 0 spiro atoms. The second-order valence-electron chi connectivity index (χ2n) is 3.61. The third-order valence-corrected chi connectivity index (χ3v) is 2.99. The summed E-state index contributed by atoms with van der Waals surface area (Å²) in [6.07, 6.45) is 0. The van der Waals surface area contributed by atoms with E-state index in [2.05, 4.69) is 15.6 Å². The molecule has 0 radical (unpaired) electrons. The Morgan fingerprint density at radius 3 is 2.82 bits per heavy atom. The molecule has 0 aliphatic carbocycles. The van der Waals surface area contributed by atoms with Gasteiger partial charge in [0.25, 0.3) is 0 Å². The van der Waals surface area contributed by atoms with Crippen molar-refractivity contribution in [2.24, 2.45) is 5.92 Å². The molecule has 0 fully saturated rings. The van der Waals surface area contributed by atoms with Gasteiger partial charge < -0.3 is 15.7 Å². The fourth-order valence-corrected chi connectivity index (χ4v) is 1.93. The van der Waals surface area contributed by atoms with Gasteiger partial charge in [0.2, 0.25) is 5.91 Å². The van der Waals surface area contributed by atoms with Crippen LogP contribution < -0.4 is 10.6 Å². The molecule has 94 valence electrons. The Labute approximate surface area is 103 Å². The molecule has 6 nitrogen and oxygen atoms in total. The highest BCUT2D eigenvalue weighted by Crippen LogP contribution is 2.09. The van der Waals surface area contributed by atoms with E-state index in [0.29, 0.717) is 11.6 Å². The molecule has 1 rings (SSSR count). The van der Waals surface area contributed by atoms with E-state index in [0.717, 1.165) is 0 Å². The average Bonchev–Trinajstić information content (AvgIpc) is 2.75. The predicted octanol–water partition coefficient (Wildman–Crippen LogP) is 0.313. The Morgan fingerprint density at radius 2 is 2.29 bits per heavy atom. The molecule has 0 saturated heterocycles. The highest BCUT2D eigenvalue weighted by Gasteiger charge is 2.13. The van der Waals surface area contributed by atoms with E-state index in [1.54, 1.807) is 7.05 Å². The molecule has 0 bridgehead atoms. The van der Waals surface area contributed by atoms with E-state index < -0.39 is 5.97 Å². The third kappa shape index (κ3) is 4.12. The molecular weight excluding hydrogens is 242 g/mol. The highest BCUT2D eigenvalue weighted by molar-refractivity contribution is 7.09. The molecule has 7 heteroatoms. The van der Waals surface area contributed by atoms with Crippen molar-refractivity contribution in [1.82, 2.24) is 15.6 Å². The molecule has 1 aromatic heterocycles. The number of carbonyl (C=O) groups is 2. The van der Waals surface area contributed by atoms with Crippen LogP contribution in [0.5, 0.6) is 0 Å². The van der Waals surface area contributed by atoms with Crippen molar-refractivity contribution in [2.45, 2.75) is 13.5 Å². The number of carboxylic acids is 1. The van der Waals surface area contributed by atoms with Gasteiger partial charge >= 0.3 is 5.97 Å². The summed E-state index contributed by atoms with van der Waals surface area (Å²) >= 11 is 1.22. The molecule has 1 atom stereocenters. The summed E-state index contributed by atoms with van der Waals surface area (Å²) in [6, 6.07) is 0. The first-order valence-corrected chi connectivity index (χ1v) is 6.02. The van der Waals surface area contributed by atoms with Crippen LogP contribution in [0.2, 0.25) is 0 Å². The molecule has 0 aliphatic rings. The third-order valence-electron chi connectivity index (χ3n) is 2.14. The Kier molecular flexibility index (Phi) is 5.05. The molecular formula is C10H15N3O3S. The Morgan fingerprint density at radius 1 is 1.59 bits per heavy atom. The minimum absolute atomic E-state index is 0.0162. The van der Waals surface area contributed by atoms with Gasteiger partial charge in [-0.1, -0.05) is 6.92 Å². The van der Waals surface area contributed by atoms with Crippen LogP contribution >= 0.6 is 11.3 Å². The van der Waals surface area contributed by atoms with Crippen molar-refractivity contribution in [1.29, 1.82) is 0 Å². The number of hydrogen-bond acceptors (Lipinski definition) is 5. The Balaban J connectivity index is 2.44. The van der Waals surface area contributed by atoms with Crippen LogP contribution in [-0.4, -0.2) is 35.6 Å². The number of rotatable bonds is 6. The van der Waals surface area contributed by atoms with E-state index in [1.807, 2.05) is 6.92 Å². The fourth-order valence-electron chi connectivity index (χ4n) is 1.23. The summed E-state index contributed by atoms with van der Waals surface area (Å²) in [6.45, 7) is 2.69. The first kappa shape index (κ1) is 13.6. The van der Waals surface area contributed by atoms with Gasteiger partial charge in [-0.3, -0.25) is 4.79 Å². The van der Waals surface area contributed by atoms with Crippen molar-refractivity contribution >= 4 is 23.2 Å². The van der Waals surface area contributed by atoms with E-state index in [-0.39, 0.29) is 24.1 Å². The minimum Gasteiger partial charge on any atom is -0.476 e. The molecule has 17 heavy (non-hydrogen) atoms. The van der Waals surface area contributed by atoms with Crippen LogP contribution in [-0.2, 0) is 11.3 Å². The second kappa shape index (κ2) is 6.31. The Bertz CT molecular complexity index is 405. The van der Waals surface area contributed by atoms with E-state index in [9.17, 15) is 9.59 Å². The van der Waals surface area contributed by atoms with E-state index >= 15 is 0 Å². The lowest BCUT2D eigenvalue weighted by Gasteiger charge is -2.10. The molecule has 1 aromatic rings. The number of carbonyl (C=O) groups excluding carboxylic acids is 1. The van der Waals surface area contributed by atoms with Crippen molar-refractivity contribution in [2.75, 3.05) is 13.6 Å². The lowest BCUT2D eigenvalue weighted by Crippen LogP contribution is -2.33. The first-order valence-electron chi connectivity index (χ1n) is 5.14. The maximum atomic E-state index is 11.6. The van der Waals surface area contributed by atoms with E-state index in [1.165, 1.54) is 16.7 Å². The van der Waals surface area contributed by atoms with Gasteiger partial charge in [-0.05, 0) is 7.05 Å². The van der Waals surface area contributed by atoms with E-state index in [4.69, 9.17) is 5.11 Å². The normalized spacial score (nSPS) is 12.1. The number of carboxylic acid groups (broad SMARTS) is 1. The zero-order valence-electron chi connectivity index (χ0n) is 9.69. The number of aromatic nitrogens is 1. The monoisotopic (exact) mass is 257 g/mol. The van der Waals surface area contributed by atoms with Crippen LogP contribution in [0.1, 0.15) is 22.4 Å². The number of nitrogens with one attached hydrogen (secondary N) is 2. The van der Waals surface area contributed by atoms with Crippen LogP contribution in [0.4, 0.5) is 0 Å². The van der Waals surface area contributed by atoms with Crippen molar-refractivity contribution in [3.05, 3.63) is 16.1 Å². The summed E-state index contributed by atoms with van der Waals surface area (Å²) in [5, 5.41) is 16.4. The van der Waals surface area contributed by atoms with Crippen LogP contribution in [0.15, 0.2) is 5.38 Å².